The zero-order chi connectivity index (χ0) is 20.9. The van der Waals surface area contributed by atoms with Crippen molar-refractivity contribution in [2.24, 2.45) is 4.99 Å². The van der Waals surface area contributed by atoms with Crippen molar-refractivity contribution < 1.29 is 8.94 Å². The molecule has 8 nitrogen and oxygen atoms in total. The van der Waals surface area contributed by atoms with Crippen molar-refractivity contribution in [3.05, 3.63) is 53.5 Å². The Morgan fingerprint density at radius 1 is 1.10 bits per heavy atom. The predicted octanol–water partition coefficient (Wildman–Crippen LogP) is 3.59. The average Bonchev–Trinajstić information content (AvgIpc) is 3.34. The van der Waals surface area contributed by atoms with E-state index in [0.29, 0.717) is 36.7 Å². The molecule has 0 radical (unpaired) electrons. The average molecular weight is 396 g/mol. The molecule has 0 atom stereocenters. The van der Waals surface area contributed by atoms with Crippen molar-refractivity contribution in [3.63, 3.8) is 0 Å². The van der Waals surface area contributed by atoms with Crippen LogP contribution in [0.25, 0.3) is 11.5 Å². The van der Waals surface area contributed by atoms with Crippen LogP contribution in [-0.4, -0.2) is 27.6 Å². The smallest absolute Gasteiger partial charge is 0.232 e. The Balaban J connectivity index is 1.62. The number of nitrogens with zero attached hydrogens (tertiary/aromatic N) is 4. The maximum absolute atomic E-state index is 5.59. The lowest BCUT2D eigenvalue weighted by Crippen LogP contribution is -2.37. The molecule has 0 saturated heterocycles. The first-order valence-electron chi connectivity index (χ1n) is 9.72. The van der Waals surface area contributed by atoms with Gasteiger partial charge in [-0.05, 0) is 26.0 Å². The van der Waals surface area contributed by atoms with Crippen molar-refractivity contribution in [2.45, 2.75) is 53.1 Å². The maximum Gasteiger partial charge on any atom is 0.232 e. The lowest BCUT2D eigenvalue weighted by atomic mass is 9.97. The Kier molecular flexibility index (Phi) is 6.31. The van der Waals surface area contributed by atoms with E-state index in [1.165, 1.54) is 5.56 Å². The van der Waals surface area contributed by atoms with Gasteiger partial charge in [-0.3, -0.25) is 0 Å². The van der Waals surface area contributed by atoms with Gasteiger partial charge in [-0.25, -0.2) is 9.98 Å². The van der Waals surface area contributed by atoms with Crippen LogP contribution in [0.1, 0.15) is 50.7 Å². The van der Waals surface area contributed by atoms with E-state index < -0.39 is 0 Å². The number of rotatable bonds is 6. The van der Waals surface area contributed by atoms with Crippen LogP contribution in [0.3, 0.4) is 0 Å². The van der Waals surface area contributed by atoms with Gasteiger partial charge in [-0.15, -0.1) is 0 Å². The molecule has 3 rings (SSSR count). The first kappa shape index (κ1) is 20.6. The van der Waals surface area contributed by atoms with E-state index in [2.05, 4.69) is 30.8 Å². The second-order valence-electron chi connectivity index (χ2n) is 7.82. The summed E-state index contributed by atoms with van der Waals surface area (Å²) in [5.41, 5.74) is 2.73. The van der Waals surface area contributed by atoms with E-state index in [1.54, 1.807) is 6.26 Å². The van der Waals surface area contributed by atoms with Gasteiger partial charge in [-0.1, -0.05) is 43.6 Å². The highest BCUT2D eigenvalue weighted by molar-refractivity contribution is 5.79. The summed E-state index contributed by atoms with van der Waals surface area (Å²) in [5.74, 6) is 2.44. The first-order chi connectivity index (χ1) is 13.8. The molecule has 0 aliphatic heterocycles. The molecule has 0 spiro atoms. The van der Waals surface area contributed by atoms with Crippen LogP contribution < -0.4 is 10.6 Å². The molecule has 0 saturated carbocycles. The summed E-state index contributed by atoms with van der Waals surface area (Å²) in [5, 5.41) is 10.4. The minimum atomic E-state index is -0.175. The molecule has 0 amide bonds. The number of oxazole rings is 1. The second kappa shape index (κ2) is 8.89. The molecular formula is C21H28N6O2. The van der Waals surface area contributed by atoms with Gasteiger partial charge in [0.05, 0.1) is 13.1 Å². The molecule has 0 unspecified atom stereocenters. The lowest BCUT2D eigenvalue weighted by Gasteiger charge is -2.10. The summed E-state index contributed by atoms with van der Waals surface area (Å²) >= 11 is 0. The van der Waals surface area contributed by atoms with Crippen molar-refractivity contribution in [3.8, 4) is 11.5 Å². The number of hydrogen-bond donors (Lipinski definition) is 2. The van der Waals surface area contributed by atoms with Crippen molar-refractivity contribution in [2.75, 3.05) is 6.54 Å². The first-order valence-corrected chi connectivity index (χ1v) is 9.72. The van der Waals surface area contributed by atoms with Crippen LogP contribution >= 0.6 is 0 Å². The monoisotopic (exact) mass is 396 g/mol. The van der Waals surface area contributed by atoms with Gasteiger partial charge < -0.3 is 19.6 Å². The molecule has 1 aromatic carbocycles. The maximum atomic E-state index is 5.59. The SMILES string of the molecule is CCNC(=NCc1coc(-c2ccc(C)cc2)n1)NCc1noc(C(C)(C)C)n1. The molecule has 2 heterocycles. The summed E-state index contributed by atoms with van der Waals surface area (Å²) in [6.45, 7) is 11.7. The Hall–Kier alpha value is -3.16. The summed E-state index contributed by atoms with van der Waals surface area (Å²) in [7, 11) is 0. The summed E-state index contributed by atoms with van der Waals surface area (Å²) in [6, 6.07) is 8.06. The molecule has 29 heavy (non-hydrogen) atoms. The van der Waals surface area contributed by atoms with Crippen LogP contribution in [0, 0.1) is 6.92 Å². The number of nitrogens with one attached hydrogen (secondary N) is 2. The molecule has 0 aliphatic carbocycles. The predicted molar refractivity (Wildman–Crippen MR) is 111 cm³/mol. The highest BCUT2D eigenvalue weighted by atomic mass is 16.5. The topological polar surface area (TPSA) is 101 Å². The lowest BCUT2D eigenvalue weighted by molar-refractivity contribution is 0.318. The Morgan fingerprint density at radius 3 is 2.52 bits per heavy atom. The van der Waals surface area contributed by atoms with E-state index in [-0.39, 0.29) is 5.41 Å². The van der Waals surface area contributed by atoms with Gasteiger partial charge >= 0.3 is 0 Å². The third-order valence-corrected chi connectivity index (χ3v) is 4.12. The third kappa shape index (κ3) is 5.66. The van der Waals surface area contributed by atoms with Crippen molar-refractivity contribution >= 4 is 5.96 Å². The Labute approximate surface area is 170 Å². The number of hydrogen-bond acceptors (Lipinski definition) is 6. The number of aliphatic imine (C=N–C) groups is 1. The standard InChI is InChI=1S/C21H28N6O2/c1-6-22-20(24-12-17-26-19(29-27-17)21(3,4)5)23-11-16-13-28-18(25-16)15-9-7-14(2)8-10-15/h7-10,13H,6,11-12H2,1-5H3,(H2,22,23,24). The number of aromatic nitrogens is 3. The van der Waals surface area contributed by atoms with Crippen LogP contribution in [-0.2, 0) is 18.5 Å². The zero-order valence-electron chi connectivity index (χ0n) is 17.6. The fourth-order valence-electron chi connectivity index (χ4n) is 2.50. The highest BCUT2D eigenvalue weighted by Crippen LogP contribution is 2.20. The zero-order valence-corrected chi connectivity index (χ0v) is 17.6. The fraction of sp³-hybridized carbons (Fsp3) is 0.429. The van der Waals surface area contributed by atoms with Crippen LogP contribution in [0.4, 0.5) is 0 Å². The van der Waals surface area contributed by atoms with Gasteiger partial charge in [0.15, 0.2) is 11.8 Å². The number of benzene rings is 1. The Bertz CT molecular complexity index is 950. The van der Waals surface area contributed by atoms with Gasteiger partial charge in [0, 0.05) is 17.5 Å². The quantitative estimate of drug-likeness (QED) is 0.485. The third-order valence-electron chi connectivity index (χ3n) is 4.12. The summed E-state index contributed by atoms with van der Waals surface area (Å²) in [6.07, 6.45) is 1.64. The Morgan fingerprint density at radius 2 is 1.86 bits per heavy atom. The molecule has 0 fully saturated rings. The molecular weight excluding hydrogens is 368 g/mol. The van der Waals surface area contributed by atoms with Gasteiger partial charge in [-0.2, -0.15) is 4.98 Å². The summed E-state index contributed by atoms with van der Waals surface area (Å²) < 4.78 is 10.9. The molecule has 0 bridgehead atoms. The normalized spacial score (nSPS) is 12.2. The highest BCUT2D eigenvalue weighted by Gasteiger charge is 2.21. The minimum absolute atomic E-state index is 0.175. The minimum Gasteiger partial charge on any atom is -0.444 e. The molecule has 0 aliphatic rings. The molecule has 2 aromatic heterocycles. The van der Waals surface area contributed by atoms with E-state index in [1.807, 2.05) is 58.9 Å². The largest absolute Gasteiger partial charge is 0.444 e. The van der Waals surface area contributed by atoms with Crippen LogP contribution in [0.5, 0.6) is 0 Å². The fourth-order valence-corrected chi connectivity index (χ4v) is 2.50. The van der Waals surface area contributed by atoms with Gasteiger partial charge in [0.2, 0.25) is 11.8 Å². The molecule has 154 valence electrons. The van der Waals surface area contributed by atoms with E-state index in [9.17, 15) is 0 Å². The van der Waals surface area contributed by atoms with Crippen molar-refractivity contribution in [1.29, 1.82) is 0 Å². The van der Waals surface area contributed by atoms with E-state index >= 15 is 0 Å². The molecule has 3 aromatic rings. The van der Waals surface area contributed by atoms with Gasteiger partial charge in [0.25, 0.3) is 0 Å². The number of guanidine groups is 1. The van der Waals surface area contributed by atoms with E-state index in [0.717, 1.165) is 17.8 Å². The van der Waals surface area contributed by atoms with Crippen LogP contribution in [0.15, 0.2) is 44.5 Å². The molecule has 2 N–H and O–H groups in total. The van der Waals surface area contributed by atoms with Crippen molar-refractivity contribution in [1.82, 2.24) is 25.8 Å². The molecule has 8 heteroatoms. The number of aryl methyl sites for hydroxylation is 1. The van der Waals surface area contributed by atoms with Gasteiger partial charge in [0.1, 0.15) is 12.0 Å². The second-order valence-corrected chi connectivity index (χ2v) is 7.82. The van der Waals surface area contributed by atoms with E-state index in [4.69, 9.17) is 8.94 Å². The van der Waals surface area contributed by atoms with Crippen LogP contribution in [0.2, 0.25) is 0 Å². The summed E-state index contributed by atoms with van der Waals surface area (Å²) in [4.78, 5) is 13.5.